The smallest absolute Gasteiger partial charge is 0.338 e. The van der Waals surface area contributed by atoms with Crippen molar-refractivity contribution in [1.29, 1.82) is 0 Å². The van der Waals surface area contributed by atoms with Gasteiger partial charge in [-0.1, -0.05) is 36.4 Å². The zero-order valence-corrected chi connectivity index (χ0v) is 14.6. The number of hydrogen-bond donors (Lipinski definition) is 0. The molecule has 0 aliphatic heterocycles. The van der Waals surface area contributed by atoms with Crippen molar-refractivity contribution in [2.75, 3.05) is 7.11 Å². The van der Waals surface area contributed by atoms with E-state index < -0.39 is 5.97 Å². The average molecular weight is 325 g/mol. The third-order valence-electron chi connectivity index (χ3n) is 4.05. The molecule has 1 amide bonds. The van der Waals surface area contributed by atoms with Crippen molar-refractivity contribution in [3.63, 3.8) is 0 Å². The summed E-state index contributed by atoms with van der Waals surface area (Å²) >= 11 is 0. The first kappa shape index (κ1) is 17.7. The summed E-state index contributed by atoms with van der Waals surface area (Å²) in [5.74, 6) is -0.673. The molecule has 0 saturated carbocycles. The van der Waals surface area contributed by atoms with Gasteiger partial charge in [-0.15, -0.1) is 0 Å². The summed E-state index contributed by atoms with van der Waals surface area (Å²) in [5, 5.41) is 0. The van der Waals surface area contributed by atoms with Gasteiger partial charge in [-0.05, 0) is 44.0 Å². The van der Waals surface area contributed by atoms with Crippen LogP contribution in [0.2, 0.25) is 0 Å². The topological polar surface area (TPSA) is 46.6 Å². The molecule has 2 aromatic carbocycles. The van der Waals surface area contributed by atoms with Crippen LogP contribution in [0.3, 0.4) is 0 Å². The molecule has 4 nitrogen and oxygen atoms in total. The summed E-state index contributed by atoms with van der Waals surface area (Å²) in [4.78, 5) is 26.8. The van der Waals surface area contributed by atoms with Gasteiger partial charge >= 0.3 is 5.97 Å². The minimum atomic E-state index is -0.501. The Morgan fingerprint density at radius 1 is 1.00 bits per heavy atom. The van der Waals surface area contributed by atoms with Gasteiger partial charge in [-0.3, -0.25) is 4.79 Å². The molecule has 0 spiro atoms. The van der Waals surface area contributed by atoms with Gasteiger partial charge in [0.2, 0.25) is 0 Å². The molecular weight excluding hydrogens is 302 g/mol. The SMILES string of the molecule is COC(=O)c1ccccc1C(=O)N(Cc1ccccc1C)C(C)C. The predicted octanol–water partition coefficient (Wildman–Crippen LogP) is 3.83. The van der Waals surface area contributed by atoms with Gasteiger partial charge in [0.15, 0.2) is 0 Å². The number of carbonyl (C=O) groups excluding carboxylic acids is 2. The number of ether oxygens (including phenoxy) is 1. The highest BCUT2D eigenvalue weighted by Gasteiger charge is 2.24. The Labute approximate surface area is 143 Å². The standard InChI is InChI=1S/C20H23NO3/c1-14(2)21(13-16-10-6-5-9-15(16)3)19(22)17-11-7-8-12-18(17)20(23)24-4/h5-12,14H,13H2,1-4H3. The highest BCUT2D eigenvalue weighted by atomic mass is 16.5. The number of nitrogens with zero attached hydrogens (tertiary/aromatic N) is 1. The number of benzene rings is 2. The van der Waals surface area contributed by atoms with Crippen LogP contribution < -0.4 is 0 Å². The summed E-state index contributed by atoms with van der Waals surface area (Å²) in [5.41, 5.74) is 2.89. The van der Waals surface area contributed by atoms with Gasteiger partial charge in [0, 0.05) is 12.6 Å². The molecule has 126 valence electrons. The van der Waals surface area contributed by atoms with Gasteiger partial charge in [-0.2, -0.15) is 0 Å². The van der Waals surface area contributed by atoms with Crippen LogP contribution in [0.4, 0.5) is 0 Å². The zero-order valence-electron chi connectivity index (χ0n) is 14.6. The minimum absolute atomic E-state index is 0.00260. The number of aryl methyl sites for hydroxylation is 1. The minimum Gasteiger partial charge on any atom is -0.465 e. The molecule has 0 unspecified atom stereocenters. The molecule has 4 heteroatoms. The van der Waals surface area contributed by atoms with Gasteiger partial charge in [0.25, 0.3) is 5.91 Å². The fourth-order valence-electron chi connectivity index (χ4n) is 2.57. The zero-order chi connectivity index (χ0) is 17.7. The fraction of sp³-hybridized carbons (Fsp3) is 0.300. The van der Waals surface area contributed by atoms with Crippen molar-refractivity contribution >= 4 is 11.9 Å². The van der Waals surface area contributed by atoms with E-state index in [1.54, 1.807) is 29.2 Å². The molecule has 0 N–H and O–H groups in total. The fourth-order valence-corrected chi connectivity index (χ4v) is 2.57. The van der Waals surface area contributed by atoms with Crippen LogP contribution in [-0.4, -0.2) is 29.9 Å². The van der Waals surface area contributed by atoms with Crippen LogP contribution in [0, 0.1) is 6.92 Å². The molecule has 0 aromatic heterocycles. The second-order valence-corrected chi connectivity index (χ2v) is 5.99. The maximum atomic E-state index is 13.1. The van der Waals surface area contributed by atoms with Crippen LogP contribution in [-0.2, 0) is 11.3 Å². The quantitative estimate of drug-likeness (QED) is 0.785. The van der Waals surface area contributed by atoms with Crippen molar-refractivity contribution in [3.8, 4) is 0 Å². The lowest BCUT2D eigenvalue weighted by atomic mass is 10.0. The Morgan fingerprint density at radius 3 is 2.17 bits per heavy atom. The number of methoxy groups -OCH3 is 1. The molecule has 0 heterocycles. The van der Waals surface area contributed by atoms with Crippen LogP contribution >= 0.6 is 0 Å². The summed E-state index contributed by atoms with van der Waals surface area (Å²) in [6.45, 7) is 6.47. The van der Waals surface area contributed by atoms with Gasteiger partial charge in [0.05, 0.1) is 18.2 Å². The van der Waals surface area contributed by atoms with E-state index in [4.69, 9.17) is 4.74 Å². The summed E-state index contributed by atoms with van der Waals surface area (Å²) in [6.07, 6.45) is 0. The Balaban J connectivity index is 2.37. The first-order valence-corrected chi connectivity index (χ1v) is 7.98. The van der Waals surface area contributed by atoms with Crippen LogP contribution in [0.5, 0.6) is 0 Å². The Kier molecular flexibility index (Phi) is 5.74. The third kappa shape index (κ3) is 3.82. The van der Waals surface area contributed by atoms with E-state index in [0.717, 1.165) is 11.1 Å². The normalized spacial score (nSPS) is 10.5. The molecule has 0 aliphatic carbocycles. The summed E-state index contributed by atoms with van der Waals surface area (Å²) in [7, 11) is 1.32. The van der Waals surface area contributed by atoms with Gasteiger partial charge < -0.3 is 9.64 Å². The molecule has 24 heavy (non-hydrogen) atoms. The van der Waals surface area contributed by atoms with E-state index in [0.29, 0.717) is 17.7 Å². The van der Waals surface area contributed by atoms with E-state index in [2.05, 4.69) is 0 Å². The first-order valence-electron chi connectivity index (χ1n) is 7.98. The van der Waals surface area contributed by atoms with Crippen molar-refractivity contribution in [2.45, 2.75) is 33.4 Å². The van der Waals surface area contributed by atoms with E-state index in [-0.39, 0.29) is 11.9 Å². The van der Waals surface area contributed by atoms with E-state index in [1.807, 2.05) is 45.0 Å². The maximum absolute atomic E-state index is 13.1. The van der Waals surface area contributed by atoms with Crippen molar-refractivity contribution in [1.82, 2.24) is 4.90 Å². The second-order valence-electron chi connectivity index (χ2n) is 5.99. The van der Waals surface area contributed by atoms with E-state index in [9.17, 15) is 9.59 Å². The Hall–Kier alpha value is -2.62. The second kappa shape index (κ2) is 7.77. The lowest BCUT2D eigenvalue weighted by Gasteiger charge is -2.28. The number of amides is 1. The lowest BCUT2D eigenvalue weighted by Crippen LogP contribution is -2.37. The molecule has 2 aromatic rings. The first-order chi connectivity index (χ1) is 11.5. The van der Waals surface area contributed by atoms with Gasteiger partial charge in [0.1, 0.15) is 0 Å². The summed E-state index contributed by atoms with van der Waals surface area (Å²) < 4.78 is 4.80. The lowest BCUT2D eigenvalue weighted by molar-refractivity contribution is 0.0583. The highest BCUT2D eigenvalue weighted by molar-refractivity contribution is 6.05. The monoisotopic (exact) mass is 325 g/mol. The van der Waals surface area contributed by atoms with Crippen LogP contribution in [0.1, 0.15) is 45.7 Å². The average Bonchev–Trinajstić information content (AvgIpc) is 2.59. The van der Waals surface area contributed by atoms with E-state index in [1.165, 1.54) is 7.11 Å². The summed E-state index contributed by atoms with van der Waals surface area (Å²) in [6, 6.07) is 14.8. The number of carbonyl (C=O) groups is 2. The molecule has 0 radical (unpaired) electrons. The third-order valence-corrected chi connectivity index (χ3v) is 4.05. The maximum Gasteiger partial charge on any atom is 0.338 e. The van der Waals surface area contributed by atoms with E-state index >= 15 is 0 Å². The molecule has 0 aliphatic rings. The van der Waals surface area contributed by atoms with Crippen molar-refractivity contribution in [3.05, 3.63) is 70.8 Å². The number of esters is 1. The van der Waals surface area contributed by atoms with Crippen molar-refractivity contribution < 1.29 is 14.3 Å². The highest BCUT2D eigenvalue weighted by Crippen LogP contribution is 2.19. The molecule has 0 bridgehead atoms. The van der Waals surface area contributed by atoms with Crippen LogP contribution in [0.15, 0.2) is 48.5 Å². The molecule has 0 fully saturated rings. The predicted molar refractivity (Wildman–Crippen MR) is 94.0 cm³/mol. The Morgan fingerprint density at radius 2 is 1.58 bits per heavy atom. The Bertz CT molecular complexity index is 737. The number of rotatable bonds is 5. The number of hydrogen-bond acceptors (Lipinski definition) is 3. The molecule has 2 rings (SSSR count). The molecule has 0 atom stereocenters. The largest absolute Gasteiger partial charge is 0.465 e. The molecule has 0 saturated heterocycles. The van der Waals surface area contributed by atoms with Crippen LogP contribution in [0.25, 0.3) is 0 Å². The van der Waals surface area contributed by atoms with Crippen molar-refractivity contribution in [2.24, 2.45) is 0 Å². The molecular formula is C20H23NO3. The van der Waals surface area contributed by atoms with Gasteiger partial charge in [-0.25, -0.2) is 4.79 Å².